The van der Waals surface area contributed by atoms with Gasteiger partial charge in [-0.3, -0.25) is 24.0 Å². The number of carbonyl (C=O) groups is 5. The molecule has 3 aliphatic carbocycles. The Morgan fingerprint density at radius 2 is 1.28 bits per heavy atom. The molecule has 16 heteroatoms. The predicted molar refractivity (Wildman–Crippen MR) is 224 cm³/mol. The Morgan fingerprint density at radius 1 is 0.741 bits per heavy atom. The summed E-state index contributed by atoms with van der Waals surface area (Å²) in [6, 6.07) is 10.1. The minimum Gasteiger partial charge on any atom is -0.404 e. The number of hydrogen-bond acceptors (Lipinski definition) is 9. The van der Waals surface area contributed by atoms with E-state index in [9.17, 15) is 24.0 Å². The Morgan fingerprint density at radius 3 is 1.84 bits per heavy atom. The van der Waals surface area contributed by atoms with Crippen LogP contribution in [0.5, 0.6) is 0 Å². The normalized spacial score (nSPS) is 24.3. The van der Waals surface area contributed by atoms with Crippen LogP contribution in [0.2, 0.25) is 5.02 Å². The Labute approximate surface area is 347 Å². The molecule has 4 fully saturated rings. The monoisotopic (exact) mass is 821 g/mol. The number of amides is 5. The van der Waals surface area contributed by atoms with Gasteiger partial charge in [0.05, 0.1) is 17.6 Å². The molecule has 9 N–H and O–H groups in total. The van der Waals surface area contributed by atoms with Crippen molar-refractivity contribution < 1.29 is 33.3 Å². The molecule has 2 aromatic carbocycles. The van der Waals surface area contributed by atoms with E-state index in [0.717, 1.165) is 24.0 Å². The second-order valence-corrected chi connectivity index (χ2v) is 17.8. The molecular formula is C42H61BClN7O7. The third-order valence-corrected chi connectivity index (χ3v) is 12.6. The van der Waals surface area contributed by atoms with Crippen LogP contribution in [0, 0.1) is 23.2 Å². The van der Waals surface area contributed by atoms with E-state index in [0.29, 0.717) is 28.8 Å². The number of carbonyl (C=O) groups excluding carboxylic acids is 5. The van der Waals surface area contributed by atoms with Crippen molar-refractivity contribution >= 4 is 48.3 Å². The first-order chi connectivity index (χ1) is 27.4. The van der Waals surface area contributed by atoms with E-state index in [1.165, 1.54) is 6.92 Å². The topological polar surface area (TPSA) is 216 Å². The lowest BCUT2D eigenvalue weighted by molar-refractivity contribution is -0.199. The van der Waals surface area contributed by atoms with Crippen molar-refractivity contribution in [2.45, 2.75) is 122 Å². The van der Waals surface area contributed by atoms with E-state index < -0.39 is 66.5 Å². The Hall–Kier alpha value is -4.02. The Balaban J connectivity index is 1.14. The molecule has 316 valence electrons. The molecule has 58 heavy (non-hydrogen) atoms. The van der Waals surface area contributed by atoms with Crippen molar-refractivity contribution in [3.8, 4) is 11.1 Å². The molecule has 14 nitrogen and oxygen atoms in total. The summed E-state index contributed by atoms with van der Waals surface area (Å²) in [5.74, 6) is -2.19. The summed E-state index contributed by atoms with van der Waals surface area (Å²) >= 11 is 6.00. The van der Waals surface area contributed by atoms with Gasteiger partial charge in [-0.1, -0.05) is 63.6 Å². The zero-order chi connectivity index (χ0) is 42.5. The van der Waals surface area contributed by atoms with Crippen molar-refractivity contribution in [3.05, 3.63) is 59.1 Å². The molecular weight excluding hydrogens is 761 g/mol. The van der Waals surface area contributed by atoms with Gasteiger partial charge in [0.2, 0.25) is 23.6 Å². The zero-order valence-electron chi connectivity index (χ0n) is 34.7. The van der Waals surface area contributed by atoms with Crippen molar-refractivity contribution in [2.24, 2.45) is 34.6 Å². The van der Waals surface area contributed by atoms with E-state index in [1.54, 1.807) is 36.4 Å². The lowest BCUT2D eigenvalue weighted by Crippen LogP contribution is -2.65. The highest BCUT2D eigenvalue weighted by Gasteiger charge is 2.68. The second kappa shape index (κ2) is 18.9. The summed E-state index contributed by atoms with van der Waals surface area (Å²) < 4.78 is 12.9. The summed E-state index contributed by atoms with van der Waals surface area (Å²) in [5.41, 5.74) is 13.5. The minimum absolute atomic E-state index is 0.0349. The molecule has 1 unspecified atom stereocenters. The van der Waals surface area contributed by atoms with Crippen LogP contribution in [0.4, 0.5) is 0 Å². The second-order valence-electron chi connectivity index (χ2n) is 17.4. The van der Waals surface area contributed by atoms with Crippen LogP contribution in [-0.4, -0.2) is 91.6 Å². The maximum Gasteiger partial charge on any atom is 0.481 e. The Bertz CT molecular complexity index is 1800. The molecule has 2 aromatic rings. The molecule has 0 aromatic heterocycles. The standard InChI is InChI=1S/C42H61BClN7O7/c1-23(2)20-33(40(56)48-25(4)43-57-35-22-29-21-34(41(29,5)6)42(35,7)58-43)51-36(52)24(3)47-38(54)31(16-18-45)50-39(55)32(17-19-46)49-37(53)28-10-8-26(9-11-28)27-12-14-30(44)15-13-27/h8-15,23-25,29,31-35H,16-22,45-46H2,1-7H3,(H,47,54)(H,48,56)(H,49,53)(H,50,55)(H,51,52)/t24-,25-,29-,31-,32-,33-,34-,35?,42-/m0/s1. The average molecular weight is 822 g/mol. The molecule has 5 amide bonds. The summed E-state index contributed by atoms with van der Waals surface area (Å²) in [6.45, 7) is 14.1. The number of hydrogen-bond donors (Lipinski definition) is 7. The number of benzene rings is 2. The van der Waals surface area contributed by atoms with Gasteiger partial charge >= 0.3 is 7.12 Å². The van der Waals surface area contributed by atoms with E-state index in [-0.39, 0.29) is 49.3 Å². The average Bonchev–Trinajstić information content (AvgIpc) is 3.55. The van der Waals surface area contributed by atoms with Crippen LogP contribution in [0.25, 0.3) is 11.1 Å². The quantitative estimate of drug-likeness (QED) is 0.110. The summed E-state index contributed by atoms with van der Waals surface area (Å²) in [4.78, 5) is 67.2. The minimum atomic E-state index is -1.12. The van der Waals surface area contributed by atoms with Gasteiger partial charge in [-0.2, -0.15) is 0 Å². The fourth-order valence-electron chi connectivity index (χ4n) is 8.73. The van der Waals surface area contributed by atoms with Crippen LogP contribution < -0.4 is 38.1 Å². The summed E-state index contributed by atoms with van der Waals surface area (Å²) in [5, 5.41) is 14.5. The predicted octanol–water partition coefficient (Wildman–Crippen LogP) is 3.10. The van der Waals surface area contributed by atoms with Gasteiger partial charge in [-0.15, -0.1) is 0 Å². The first-order valence-corrected chi connectivity index (χ1v) is 20.9. The fraction of sp³-hybridized carbons (Fsp3) is 0.595. The van der Waals surface area contributed by atoms with Crippen LogP contribution in [0.15, 0.2) is 48.5 Å². The van der Waals surface area contributed by atoms with E-state index >= 15 is 0 Å². The first-order valence-electron chi connectivity index (χ1n) is 20.5. The van der Waals surface area contributed by atoms with E-state index in [4.69, 9.17) is 32.4 Å². The lowest BCUT2D eigenvalue weighted by Gasteiger charge is -2.64. The highest BCUT2D eigenvalue weighted by atomic mass is 35.5. The summed E-state index contributed by atoms with van der Waals surface area (Å²) in [6.07, 6.45) is 2.52. The third kappa shape index (κ3) is 10.2. The lowest BCUT2D eigenvalue weighted by atomic mass is 9.43. The Kier molecular flexibility index (Phi) is 14.7. The highest BCUT2D eigenvalue weighted by molar-refractivity contribution is 6.47. The van der Waals surface area contributed by atoms with E-state index in [1.807, 2.05) is 32.9 Å². The maximum absolute atomic E-state index is 13.7. The van der Waals surface area contributed by atoms with Crippen molar-refractivity contribution in [3.63, 3.8) is 0 Å². The summed E-state index contributed by atoms with van der Waals surface area (Å²) in [7, 11) is -0.623. The SMILES string of the molecule is CC(C)C[C@H](NC(=O)[C@H](C)NC(=O)[C@H](CCN)NC(=O)[C@H](CCN)NC(=O)c1ccc(-c2ccc(Cl)cc2)cc1)C(=O)N[C@@H](C)B1OC2C[C@@H]3C[C@@H](C3(C)C)[C@]2(C)O1. The molecule has 2 bridgehead atoms. The van der Waals surface area contributed by atoms with Crippen molar-refractivity contribution in [1.29, 1.82) is 0 Å². The zero-order valence-corrected chi connectivity index (χ0v) is 35.5. The molecule has 9 atom stereocenters. The van der Waals surface area contributed by atoms with Gasteiger partial charge in [-0.25, -0.2) is 0 Å². The van der Waals surface area contributed by atoms with Crippen molar-refractivity contribution in [2.75, 3.05) is 13.1 Å². The van der Waals surface area contributed by atoms with Gasteiger partial charge in [0.15, 0.2) is 0 Å². The molecule has 0 radical (unpaired) electrons. The van der Waals surface area contributed by atoms with Crippen LogP contribution in [-0.2, 0) is 28.5 Å². The smallest absolute Gasteiger partial charge is 0.404 e. The highest BCUT2D eigenvalue weighted by Crippen LogP contribution is 2.65. The molecule has 6 rings (SSSR count). The third-order valence-electron chi connectivity index (χ3n) is 12.3. The van der Waals surface area contributed by atoms with Crippen LogP contribution >= 0.6 is 11.6 Å². The number of nitrogens with two attached hydrogens (primary N) is 2. The van der Waals surface area contributed by atoms with Gasteiger partial charge in [0.25, 0.3) is 5.91 Å². The molecule has 1 aliphatic heterocycles. The van der Waals surface area contributed by atoms with Gasteiger partial charge < -0.3 is 47.4 Å². The molecule has 0 spiro atoms. The van der Waals surface area contributed by atoms with Crippen LogP contribution in [0.3, 0.4) is 0 Å². The molecule has 3 saturated carbocycles. The van der Waals surface area contributed by atoms with Gasteiger partial charge in [-0.05, 0) is 125 Å². The first kappa shape index (κ1) is 45.1. The molecule has 4 aliphatic rings. The van der Waals surface area contributed by atoms with Crippen LogP contribution in [0.1, 0.15) is 90.9 Å². The number of nitrogens with one attached hydrogen (secondary N) is 5. The van der Waals surface area contributed by atoms with Crippen molar-refractivity contribution in [1.82, 2.24) is 26.6 Å². The number of rotatable bonds is 18. The van der Waals surface area contributed by atoms with E-state index in [2.05, 4.69) is 47.4 Å². The maximum atomic E-state index is 13.7. The van der Waals surface area contributed by atoms with Gasteiger partial charge in [0, 0.05) is 10.6 Å². The van der Waals surface area contributed by atoms with Gasteiger partial charge in [0.1, 0.15) is 24.2 Å². The fourth-order valence-corrected chi connectivity index (χ4v) is 8.85. The number of halogens is 1. The largest absolute Gasteiger partial charge is 0.481 e. The molecule has 1 saturated heterocycles. The molecule has 1 heterocycles.